The van der Waals surface area contributed by atoms with Crippen LogP contribution in [0.1, 0.15) is 32.1 Å². The zero-order valence-corrected chi connectivity index (χ0v) is 12.1. The van der Waals surface area contributed by atoms with E-state index >= 15 is 0 Å². The lowest BCUT2D eigenvalue weighted by atomic mass is 10.1. The van der Waals surface area contributed by atoms with E-state index in [-0.39, 0.29) is 30.7 Å². The van der Waals surface area contributed by atoms with E-state index in [2.05, 4.69) is 0 Å². The van der Waals surface area contributed by atoms with Crippen molar-refractivity contribution >= 4 is 17.8 Å². The number of morpholine rings is 1. The van der Waals surface area contributed by atoms with Crippen molar-refractivity contribution in [1.82, 2.24) is 9.80 Å². The number of hydrogen-bond donors (Lipinski definition) is 1. The molecule has 7 heteroatoms. The van der Waals surface area contributed by atoms with Gasteiger partial charge in [-0.05, 0) is 19.3 Å². The second-order valence-corrected chi connectivity index (χ2v) is 5.43. The summed E-state index contributed by atoms with van der Waals surface area (Å²) in [6.07, 6.45) is 2.02. The summed E-state index contributed by atoms with van der Waals surface area (Å²) in [6.45, 7) is 2.84. The molecule has 7 nitrogen and oxygen atoms in total. The van der Waals surface area contributed by atoms with Crippen molar-refractivity contribution in [3.8, 4) is 0 Å². The summed E-state index contributed by atoms with van der Waals surface area (Å²) in [4.78, 5) is 38.5. The molecular weight excluding hydrogens is 276 g/mol. The van der Waals surface area contributed by atoms with Gasteiger partial charge in [0, 0.05) is 32.5 Å². The fourth-order valence-electron chi connectivity index (χ4n) is 2.85. The molecule has 21 heavy (non-hydrogen) atoms. The number of carbonyl (C=O) groups excluding carboxylic acids is 2. The number of amides is 2. The van der Waals surface area contributed by atoms with E-state index in [9.17, 15) is 14.4 Å². The van der Waals surface area contributed by atoms with Gasteiger partial charge >= 0.3 is 5.97 Å². The highest BCUT2D eigenvalue weighted by molar-refractivity contribution is 5.88. The number of hydrogen-bond acceptors (Lipinski definition) is 4. The molecule has 0 saturated carbocycles. The van der Waals surface area contributed by atoms with Gasteiger partial charge in [0.2, 0.25) is 11.8 Å². The molecule has 0 aromatic rings. The fraction of sp³-hybridized carbons (Fsp3) is 0.786. The van der Waals surface area contributed by atoms with Crippen molar-refractivity contribution in [3.05, 3.63) is 0 Å². The maximum absolute atomic E-state index is 12.5. The average molecular weight is 298 g/mol. The highest BCUT2D eigenvalue weighted by Crippen LogP contribution is 2.21. The molecule has 0 aliphatic carbocycles. The number of aliphatic carboxylic acids is 1. The Hall–Kier alpha value is -1.63. The van der Waals surface area contributed by atoms with Gasteiger partial charge in [-0.1, -0.05) is 0 Å². The van der Waals surface area contributed by atoms with Gasteiger partial charge in [-0.3, -0.25) is 14.4 Å². The Balaban J connectivity index is 1.88. The summed E-state index contributed by atoms with van der Waals surface area (Å²) < 4.78 is 5.23. The topological polar surface area (TPSA) is 87.2 Å². The number of ether oxygens (including phenoxy) is 1. The third-order valence-corrected chi connectivity index (χ3v) is 3.96. The molecule has 2 amide bonds. The maximum atomic E-state index is 12.5. The third-order valence-electron chi connectivity index (χ3n) is 3.96. The van der Waals surface area contributed by atoms with Crippen molar-refractivity contribution in [3.63, 3.8) is 0 Å². The number of carboxylic acid groups (broad SMARTS) is 1. The van der Waals surface area contributed by atoms with Crippen LogP contribution in [0.25, 0.3) is 0 Å². The first-order chi connectivity index (χ1) is 10.1. The average Bonchev–Trinajstić information content (AvgIpc) is 2.96. The number of likely N-dealkylation sites (tertiary alicyclic amines) is 1. The molecule has 2 aliphatic heterocycles. The molecule has 0 aromatic carbocycles. The van der Waals surface area contributed by atoms with Crippen molar-refractivity contribution in [1.29, 1.82) is 0 Å². The predicted octanol–water partition coefficient (Wildman–Crippen LogP) is 0.0911. The summed E-state index contributed by atoms with van der Waals surface area (Å²) in [6, 6.07) is -0.375. The van der Waals surface area contributed by atoms with Crippen LogP contribution >= 0.6 is 0 Å². The van der Waals surface area contributed by atoms with E-state index in [4.69, 9.17) is 9.84 Å². The van der Waals surface area contributed by atoms with E-state index in [0.29, 0.717) is 45.7 Å². The summed E-state index contributed by atoms with van der Waals surface area (Å²) in [5, 5.41) is 8.60. The minimum atomic E-state index is -0.898. The summed E-state index contributed by atoms with van der Waals surface area (Å²) in [5.41, 5.74) is 0. The molecule has 2 fully saturated rings. The van der Waals surface area contributed by atoms with Crippen LogP contribution in [0.2, 0.25) is 0 Å². The van der Waals surface area contributed by atoms with Gasteiger partial charge in [0.15, 0.2) is 0 Å². The summed E-state index contributed by atoms with van der Waals surface area (Å²) >= 11 is 0. The maximum Gasteiger partial charge on any atom is 0.303 e. The number of carboxylic acids is 1. The lowest BCUT2D eigenvalue weighted by Crippen LogP contribution is -2.51. The highest BCUT2D eigenvalue weighted by atomic mass is 16.5. The van der Waals surface area contributed by atoms with E-state index < -0.39 is 5.97 Å². The van der Waals surface area contributed by atoms with Gasteiger partial charge in [-0.15, -0.1) is 0 Å². The molecule has 2 rings (SSSR count). The van der Waals surface area contributed by atoms with Gasteiger partial charge in [0.05, 0.1) is 13.2 Å². The van der Waals surface area contributed by atoms with Gasteiger partial charge in [-0.25, -0.2) is 0 Å². The van der Waals surface area contributed by atoms with Gasteiger partial charge in [-0.2, -0.15) is 0 Å². The third kappa shape index (κ3) is 4.17. The molecule has 2 saturated heterocycles. The number of carbonyl (C=O) groups is 3. The molecule has 1 atom stereocenters. The zero-order chi connectivity index (χ0) is 15.2. The Bertz CT molecular complexity index is 406. The Morgan fingerprint density at radius 2 is 1.81 bits per heavy atom. The van der Waals surface area contributed by atoms with Crippen LogP contribution in [0.4, 0.5) is 0 Å². The van der Waals surface area contributed by atoms with Crippen molar-refractivity contribution < 1.29 is 24.2 Å². The second-order valence-electron chi connectivity index (χ2n) is 5.43. The number of rotatable bonds is 5. The van der Waals surface area contributed by atoms with Crippen LogP contribution in [0.15, 0.2) is 0 Å². The van der Waals surface area contributed by atoms with E-state index in [1.807, 2.05) is 0 Å². The van der Waals surface area contributed by atoms with Crippen LogP contribution in [0.5, 0.6) is 0 Å². The van der Waals surface area contributed by atoms with Gasteiger partial charge < -0.3 is 19.6 Å². The molecular formula is C14H22N2O5. The molecule has 0 aromatic heterocycles. The Labute approximate surface area is 123 Å². The predicted molar refractivity (Wildman–Crippen MR) is 73.6 cm³/mol. The van der Waals surface area contributed by atoms with E-state index in [1.165, 1.54) is 0 Å². The van der Waals surface area contributed by atoms with Crippen molar-refractivity contribution in [2.45, 2.75) is 38.1 Å². The minimum Gasteiger partial charge on any atom is -0.481 e. The normalized spacial score (nSPS) is 22.4. The molecule has 0 radical (unpaired) electrons. The standard InChI is InChI=1S/C14H22N2O5/c17-12(4-1-5-13(18)19)16-6-2-3-11(16)14(20)15-7-9-21-10-8-15/h11H,1-10H2,(H,18,19). The monoisotopic (exact) mass is 298 g/mol. The lowest BCUT2D eigenvalue weighted by Gasteiger charge is -2.32. The Kier molecular flexibility index (Phi) is 5.55. The largest absolute Gasteiger partial charge is 0.481 e. The van der Waals surface area contributed by atoms with Crippen LogP contribution in [-0.2, 0) is 19.1 Å². The SMILES string of the molecule is O=C(O)CCCC(=O)N1CCCC1C(=O)N1CCOCC1. The molecule has 118 valence electrons. The summed E-state index contributed by atoms with van der Waals surface area (Å²) in [7, 11) is 0. The van der Waals surface area contributed by atoms with Crippen LogP contribution in [0.3, 0.4) is 0 Å². The van der Waals surface area contributed by atoms with Gasteiger partial charge in [0.1, 0.15) is 6.04 Å². The smallest absolute Gasteiger partial charge is 0.303 e. The van der Waals surface area contributed by atoms with Crippen LogP contribution in [-0.4, -0.2) is 71.6 Å². The van der Waals surface area contributed by atoms with Crippen LogP contribution in [0, 0.1) is 0 Å². The van der Waals surface area contributed by atoms with E-state index in [0.717, 1.165) is 6.42 Å². The van der Waals surface area contributed by atoms with Crippen LogP contribution < -0.4 is 0 Å². The minimum absolute atomic E-state index is 0.00221. The van der Waals surface area contributed by atoms with Gasteiger partial charge in [0.25, 0.3) is 0 Å². The van der Waals surface area contributed by atoms with Crippen molar-refractivity contribution in [2.75, 3.05) is 32.8 Å². The second kappa shape index (κ2) is 7.40. The highest BCUT2D eigenvalue weighted by Gasteiger charge is 2.36. The Morgan fingerprint density at radius 1 is 1.10 bits per heavy atom. The molecule has 2 heterocycles. The Morgan fingerprint density at radius 3 is 2.48 bits per heavy atom. The first-order valence-electron chi connectivity index (χ1n) is 7.47. The zero-order valence-electron chi connectivity index (χ0n) is 12.1. The lowest BCUT2D eigenvalue weighted by molar-refractivity contribution is -0.146. The summed E-state index contributed by atoms with van der Waals surface area (Å²) in [5.74, 6) is -1.01. The van der Waals surface area contributed by atoms with E-state index in [1.54, 1.807) is 9.80 Å². The first kappa shape index (κ1) is 15.8. The molecule has 1 unspecified atom stereocenters. The van der Waals surface area contributed by atoms with Crippen molar-refractivity contribution in [2.24, 2.45) is 0 Å². The fourth-order valence-corrected chi connectivity index (χ4v) is 2.85. The molecule has 1 N–H and O–H groups in total. The molecule has 0 bridgehead atoms. The molecule has 0 spiro atoms. The molecule has 2 aliphatic rings. The first-order valence-corrected chi connectivity index (χ1v) is 7.47. The quantitative estimate of drug-likeness (QED) is 0.777. The number of nitrogens with zero attached hydrogens (tertiary/aromatic N) is 2.